The molecule has 6 nitrogen and oxygen atoms in total. The predicted octanol–water partition coefficient (Wildman–Crippen LogP) is 4.25. The maximum atomic E-state index is 12.8. The van der Waals surface area contributed by atoms with Crippen molar-refractivity contribution >= 4 is 23.3 Å². The van der Waals surface area contributed by atoms with Crippen LogP contribution in [0.15, 0.2) is 65.3 Å². The highest BCUT2D eigenvalue weighted by atomic mass is 32.1. The van der Waals surface area contributed by atoms with Crippen LogP contribution in [0.2, 0.25) is 0 Å². The first-order chi connectivity index (χ1) is 14.4. The van der Waals surface area contributed by atoms with E-state index >= 15 is 0 Å². The monoisotopic (exact) mass is 427 g/mol. The molecule has 7 heteroatoms. The van der Waals surface area contributed by atoms with Gasteiger partial charge in [-0.2, -0.15) is 0 Å². The molecule has 0 bridgehead atoms. The van der Waals surface area contributed by atoms with Gasteiger partial charge in [-0.05, 0) is 31.4 Å². The van der Waals surface area contributed by atoms with Crippen LogP contribution >= 0.6 is 11.3 Å². The number of carbonyl (C=O) groups excluding carboxylic acids is 2. The van der Waals surface area contributed by atoms with E-state index in [0.717, 1.165) is 4.88 Å². The van der Waals surface area contributed by atoms with Gasteiger partial charge in [0, 0.05) is 22.8 Å². The van der Waals surface area contributed by atoms with Gasteiger partial charge in [0.05, 0.1) is 43.9 Å². The summed E-state index contributed by atoms with van der Waals surface area (Å²) in [6.45, 7) is 4.37. The number of nitrogens with zero attached hydrogens (tertiary/aromatic N) is 1. The van der Waals surface area contributed by atoms with Gasteiger partial charge < -0.3 is 19.1 Å². The molecule has 0 atom stereocenters. The Hall–Kier alpha value is -3.06. The first-order valence-corrected chi connectivity index (χ1v) is 10.5. The van der Waals surface area contributed by atoms with E-state index in [2.05, 4.69) is 0 Å². The fourth-order valence-corrected chi connectivity index (χ4v) is 4.09. The van der Waals surface area contributed by atoms with Crippen molar-refractivity contribution in [3.05, 3.63) is 75.8 Å². The number of ether oxygens (including phenoxy) is 3. The van der Waals surface area contributed by atoms with E-state index in [4.69, 9.17) is 14.2 Å². The van der Waals surface area contributed by atoms with Gasteiger partial charge in [-0.25, -0.2) is 9.59 Å². The van der Waals surface area contributed by atoms with Crippen molar-refractivity contribution in [1.82, 2.24) is 4.90 Å². The smallest absolute Gasteiger partial charge is 0.336 e. The fourth-order valence-electron chi connectivity index (χ4n) is 3.38. The summed E-state index contributed by atoms with van der Waals surface area (Å²) >= 11 is 1.60. The van der Waals surface area contributed by atoms with Crippen LogP contribution in [0.3, 0.4) is 0 Å². The number of carbonyl (C=O) groups is 2. The number of benzene rings is 1. The van der Waals surface area contributed by atoms with Gasteiger partial charge in [-0.1, -0.05) is 24.3 Å². The third-order valence-electron chi connectivity index (χ3n) is 4.59. The third-order valence-corrected chi connectivity index (χ3v) is 5.45. The Morgan fingerprint density at radius 3 is 2.17 bits per heavy atom. The summed E-state index contributed by atoms with van der Waals surface area (Å²) in [4.78, 5) is 28.4. The molecular formula is C23H25NO5S. The highest BCUT2D eigenvalue weighted by Gasteiger charge is 2.37. The lowest BCUT2D eigenvalue weighted by molar-refractivity contribution is -0.137. The second-order valence-electron chi connectivity index (χ2n) is 7.04. The van der Waals surface area contributed by atoms with Crippen molar-refractivity contribution in [1.29, 1.82) is 0 Å². The van der Waals surface area contributed by atoms with Crippen molar-refractivity contribution in [2.45, 2.75) is 32.4 Å². The molecule has 0 radical (unpaired) electrons. The zero-order chi connectivity index (χ0) is 21.7. The molecule has 0 saturated heterocycles. The Bertz CT molecular complexity index is 928. The second kappa shape index (κ2) is 9.63. The summed E-state index contributed by atoms with van der Waals surface area (Å²) in [7, 11) is 2.66. The van der Waals surface area contributed by atoms with Crippen LogP contribution < -0.4 is 4.74 Å². The van der Waals surface area contributed by atoms with Crippen molar-refractivity contribution in [3.8, 4) is 5.75 Å². The standard InChI is InChI=1S/C23H25NO5S/c1-15(2)29-20-10-6-5-9-17(20)21-18(22(25)27-3)13-24(12-16-8-7-11-30-16)14-19(21)23(26)28-4/h5-11,13-15,21H,12H2,1-4H3. The number of methoxy groups -OCH3 is 2. The lowest BCUT2D eigenvalue weighted by Gasteiger charge is -2.31. The minimum absolute atomic E-state index is 0.0684. The molecule has 0 unspecified atom stereocenters. The molecule has 2 aromatic rings. The average Bonchev–Trinajstić information content (AvgIpc) is 3.25. The predicted molar refractivity (Wildman–Crippen MR) is 115 cm³/mol. The molecule has 0 saturated carbocycles. The number of rotatable bonds is 7. The highest BCUT2D eigenvalue weighted by molar-refractivity contribution is 7.09. The quantitative estimate of drug-likeness (QED) is 0.616. The Morgan fingerprint density at radius 2 is 1.63 bits per heavy atom. The number of para-hydroxylation sites is 1. The summed E-state index contributed by atoms with van der Waals surface area (Å²) in [6.07, 6.45) is 3.39. The normalized spacial score (nSPS) is 14.2. The number of hydrogen-bond acceptors (Lipinski definition) is 7. The third kappa shape index (κ3) is 4.74. The summed E-state index contributed by atoms with van der Waals surface area (Å²) in [6, 6.07) is 11.4. The van der Waals surface area contributed by atoms with Gasteiger partial charge in [-0.3, -0.25) is 0 Å². The van der Waals surface area contributed by atoms with E-state index in [1.54, 1.807) is 23.7 Å². The molecule has 1 aromatic heterocycles. The van der Waals surface area contributed by atoms with Crippen LogP contribution in [-0.4, -0.2) is 37.2 Å². The first kappa shape index (κ1) is 21.6. The lowest BCUT2D eigenvalue weighted by atomic mass is 9.82. The van der Waals surface area contributed by atoms with Gasteiger partial charge in [0.2, 0.25) is 0 Å². The highest BCUT2D eigenvalue weighted by Crippen LogP contribution is 2.41. The van der Waals surface area contributed by atoms with Crippen molar-refractivity contribution in [2.24, 2.45) is 0 Å². The SMILES string of the molecule is COC(=O)C1=CN(Cc2cccs2)C=C(C(=O)OC)C1c1ccccc1OC(C)C. The average molecular weight is 428 g/mol. The molecule has 0 N–H and O–H groups in total. The summed E-state index contributed by atoms with van der Waals surface area (Å²) in [5, 5.41) is 1.98. The molecule has 1 aliphatic rings. The van der Waals surface area contributed by atoms with Gasteiger partial charge in [0.15, 0.2) is 0 Å². The Balaban J connectivity index is 2.12. The zero-order valence-corrected chi connectivity index (χ0v) is 18.3. The van der Waals surface area contributed by atoms with Crippen molar-refractivity contribution in [3.63, 3.8) is 0 Å². The molecule has 30 heavy (non-hydrogen) atoms. The molecule has 1 aliphatic heterocycles. The van der Waals surface area contributed by atoms with E-state index < -0.39 is 17.9 Å². The maximum Gasteiger partial charge on any atom is 0.336 e. The molecule has 3 rings (SSSR count). The lowest BCUT2D eigenvalue weighted by Crippen LogP contribution is -2.29. The number of hydrogen-bond donors (Lipinski definition) is 0. The summed E-state index contributed by atoms with van der Waals surface area (Å²) in [5.41, 5.74) is 1.39. The molecule has 0 fully saturated rings. The van der Waals surface area contributed by atoms with Crippen molar-refractivity contribution in [2.75, 3.05) is 14.2 Å². The maximum absolute atomic E-state index is 12.8. The van der Waals surface area contributed by atoms with Gasteiger partial charge in [-0.15, -0.1) is 11.3 Å². The van der Waals surface area contributed by atoms with E-state index in [1.165, 1.54) is 14.2 Å². The van der Waals surface area contributed by atoms with Crippen LogP contribution in [0.25, 0.3) is 0 Å². The number of thiophene rings is 1. The Morgan fingerprint density at radius 1 is 1.00 bits per heavy atom. The van der Waals surface area contributed by atoms with Gasteiger partial charge >= 0.3 is 11.9 Å². The largest absolute Gasteiger partial charge is 0.491 e. The minimum Gasteiger partial charge on any atom is -0.491 e. The summed E-state index contributed by atoms with van der Waals surface area (Å²) in [5.74, 6) is -1.08. The van der Waals surface area contributed by atoms with Gasteiger partial charge in [0.1, 0.15) is 5.75 Å². The second-order valence-corrected chi connectivity index (χ2v) is 8.07. The molecule has 1 aromatic carbocycles. The van der Waals surface area contributed by atoms with E-state index in [1.807, 2.05) is 60.5 Å². The van der Waals surface area contributed by atoms with E-state index in [-0.39, 0.29) is 6.10 Å². The van der Waals surface area contributed by atoms with Crippen LogP contribution in [0.5, 0.6) is 5.75 Å². The van der Waals surface area contributed by atoms with Crippen molar-refractivity contribution < 1.29 is 23.8 Å². The molecule has 0 spiro atoms. The van der Waals surface area contributed by atoms with Crippen LogP contribution in [0.1, 0.15) is 30.2 Å². The molecular weight excluding hydrogens is 402 g/mol. The number of esters is 2. The molecule has 0 amide bonds. The van der Waals surface area contributed by atoms with Crippen LogP contribution in [0, 0.1) is 0 Å². The van der Waals surface area contributed by atoms with E-state index in [0.29, 0.717) is 29.0 Å². The molecule has 158 valence electrons. The fraction of sp³-hybridized carbons (Fsp3) is 0.304. The minimum atomic E-state index is -0.667. The van der Waals surface area contributed by atoms with Crippen LogP contribution in [-0.2, 0) is 25.6 Å². The Kier molecular flexibility index (Phi) is 6.95. The molecule has 0 aliphatic carbocycles. The summed E-state index contributed by atoms with van der Waals surface area (Å²) < 4.78 is 16.1. The first-order valence-electron chi connectivity index (χ1n) is 9.58. The van der Waals surface area contributed by atoms with Crippen LogP contribution in [0.4, 0.5) is 0 Å². The van der Waals surface area contributed by atoms with E-state index in [9.17, 15) is 9.59 Å². The molecule has 2 heterocycles. The zero-order valence-electron chi connectivity index (χ0n) is 17.5. The topological polar surface area (TPSA) is 65.1 Å². The Labute approximate surface area is 180 Å². The van der Waals surface area contributed by atoms with Gasteiger partial charge in [0.25, 0.3) is 0 Å².